The van der Waals surface area contributed by atoms with Crippen molar-refractivity contribution in [3.63, 3.8) is 0 Å². The standard InChI is InChI=1S/C12H10N2O2/c1-9(10-5-3-2-4-6-10)14-8-7-11(15)13-12(14)16/h2-8H,1H2,(H,13,15,16). The smallest absolute Gasteiger partial charge is 0.274 e. The summed E-state index contributed by atoms with van der Waals surface area (Å²) in [5.41, 5.74) is 0.460. The molecule has 0 aliphatic heterocycles. The predicted molar refractivity (Wildman–Crippen MR) is 62.2 cm³/mol. The number of rotatable bonds is 2. The molecule has 0 spiro atoms. The van der Waals surface area contributed by atoms with Crippen molar-refractivity contribution in [1.82, 2.24) is 9.55 Å². The number of nitrogens with one attached hydrogen (secondary N) is 1. The van der Waals surface area contributed by atoms with Gasteiger partial charge in [-0.2, -0.15) is 0 Å². The Labute approximate surface area is 91.5 Å². The van der Waals surface area contributed by atoms with E-state index in [1.54, 1.807) is 0 Å². The van der Waals surface area contributed by atoms with Crippen LogP contribution in [0.25, 0.3) is 5.70 Å². The minimum atomic E-state index is -0.485. The Morgan fingerprint density at radius 2 is 1.81 bits per heavy atom. The molecule has 0 atom stereocenters. The monoisotopic (exact) mass is 214 g/mol. The zero-order chi connectivity index (χ0) is 11.5. The highest BCUT2D eigenvalue weighted by Gasteiger charge is 2.02. The molecule has 0 saturated carbocycles. The third-order valence-corrected chi connectivity index (χ3v) is 2.22. The summed E-state index contributed by atoms with van der Waals surface area (Å²) < 4.78 is 1.30. The Hall–Kier alpha value is -2.36. The van der Waals surface area contributed by atoms with Crippen LogP contribution in [0.4, 0.5) is 0 Å². The van der Waals surface area contributed by atoms with Crippen molar-refractivity contribution in [3.05, 3.63) is 75.6 Å². The number of H-pyrrole nitrogens is 1. The van der Waals surface area contributed by atoms with Crippen molar-refractivity contribution in [2.75, 3.05) is 0 Å². The molecule has 4 nitrogen and oxygen atoms in total. The Kier molecular flexibility index (Phi) is 2.55. The van der Waals surface area contributed by atoms with Crippen molar-refractivity contribution >= 4 is 5.70 Å². The lowest BCUT2D eigenvalue weighted by molar-refractivity contribution is 0.917. The Balaban J connectivity index is 2.51. The second-order valence-electron chi connectivity index (χ2n) is 3.29. The van der Waals surface area contributed by atoms with Crippen molar-refractivity contribution in [2.24, 2.45) is 0 Å². The fourth-order valence-electron chi connectivity index (χ4n) is 1.40. The van der Waals surface area contributed by atoms with Crippen molar-refractivity contribution < 1.29 is 0 Å². The molecule has 0 unspecified atom stereocenters. The first-order chi connectivity index (χ1) is 7.68. The average molecular weight is 214 g/mol. The van der Waals surface area contributed by atoms with E-state index in [9.17, 15) is 9.59 Å². The summed E-state index contributed by atoms with van der Waals surface area (Å²) in [6, 6.07) is 10.6. The predicted octanol–water partition coefficient (Wildman–Crippen LogP) is 1.06. The highest BCUT2D eigenvalue weighted by Crippen LogP contribution is 2.11. The van der Waals surface area contributed by atoms with Gasteiger partial charge in [0, 0.05) is 12.3 Å². The summed E-state index contributed by atoms with van der Waals surface area (Å²) in [4.78, 5) is 24.6. The van der Waals surface area contributed by atoms with E-state index in [0.717, 1.165) is 5.56 Å². The summed E-state index contributed by atoms with van der Waals surface area (Å²) in [6.45, 7) is 3.83. The van der Waals surface area contributed by atoms with Gasteiger partial charge in [-0.05, 0) is 5.56 Å². The number of aromatic amines is 1. The molecule has 16 heavy (non-hydrogen) atoms. The maximum Gasteiger partial charge on any atom is 0.332 e. The summed E-state index contributed by atoms with van der Waals surface area (Å²) in [5.74, 6) is 0. The molecule has 1 aromatic heterocycles. The minimum Gasteiger partial charge on any atom is -0.274 e. The van der Waals surface area contributed by atoms with Gasteiger partial charge >= 0.3 is 5.69 Å². The van der Waals surface area contributed by atoms with Gasteiger partial charge in [-0.25, -0.2) is 4.79 Å². The van der Waals surface area contributed by atoms with E-state index in [4.69, 9.17) is 0 Å². The fraction of sp³-hybridized carbons (Fsp3) is 0. The van der Waals surface area contributed by atoms with Gasteiger partial charge in [0.25, 0.3) is 5.56 Å². The first kappa shape index (κ1) is 10.2. The molecule has 0 bridgehead atoms. The normalized spacial score (nSPS) is 10.0. The molecule has 0 saturated heterocycles. The van der Waals surface area contributed by atoms with Gasteiger partial charge in [-0.1, -0.05) is 36.9 Å². The molecule has 0 aliphatic rings. The SMILES string of the molecule is C=C(c1ccccc1)n1ccc(=O)[nH]c1=O. The van der Waals surface area contributed by atoms with Gasteiger partial charge < -0.3 is 0 Å². The molecule has 1 aromatic carbocycles. The zero-order valence-electron chi connectivity index (χ0n) is 8.51. The van der Waals surface area contributed by atoms with Crippen LogP contribution < -0.4 is 11.2 Å². The molecule has 2 rings (SSSR count). The van der Waals surface area contributed by atoms with Crippen LogP contribution in [0.15, 0.2) is 58.8 Å². The number of hydrogen-bond acceptors (Lipinski definition) is 2. The van der Waals surface area contributed by atoms with Crippen LogP contribution in [0.3, 0.4) is 0 Å². The minimum absolute atomic E-state index is 0.415. The zero-order valence-corrected chi connectivity index (χ0v) is 8.51. The van der Waals surface area contributed by atoms with Crippen LogP contribution in [-0.2, 0) is 0 Å². The summed E-state index contributed by atoms with van der Waals surface area (Å²) in [6.07, 6.45) is 1.41. The van der Waals surface area contributed by atoms with Crippen molar-refractivity contribution in [1.29, 1.82) is 0 Å². The topological polar surface area (TPSA) is 54.9 Å². The second-order valence-corrected chi connectivity index (χ2v) is 3.29. The van der Waals surface area contributed by atoms with Gasteiger partial charge in [0.15, 0.2) is 0 Å². The van der Waals surface area contributed by atoms with Crippen LogP contribution in [-0.4, -0.2) is 9.55 Å². The molecule has 1 heterocycles. The molecule has 0 aliphatic carbocycles. The summed E-state index contributed by atoms with van der Waals surface area (Å²) in [7, 11) is 0. The molecule has 1 N–H and O–H groups in total. The number of nitrogens with zero attached hydrogens (tertiary/aromatic N) is 1. The van der Waals surface area contributed by atoms with Gasteiger partial charge in [0.05, 0.1) is 5.70 Å². The largest absolute Gasteiger partial charge is 0.332 e. The Morgan fingerprint density at radius 3 is 2.44 bits per heavy atom. The van der Waals surface area contributed by atoms with Crippen molar-refractivity contribution in [3.8, 4) is 0 Å². The molecular formula is C12H10N2O2. The third-order valence-electron chi connectivity index (χ3n) is 2.22. The van der Waals surface area contributed by atoms with Gasteiger partial charge in [-0.3, -0.25) is 14.3 Å². The van der Waals surface area contributed by atoms with E-state index >= 15 is 0 Å². The Bertz CT molecular complexity index is 623. The first-order valence-electron chi connectivity index (χ1n) is 4.75. The summed E-state index contributed by atoms with van der Waals surface area (Å²) >= 11 is 0. The van der Waals surface area contributed by atoms with Gasteiger partial charge in [-0.15, -0.1) is 0 Å². The average Bonchev–Trinajstić information content (AvgIpc) is 2.29. The molecule has 2 aromatic rings. The lowest BCUT2D eigenvalue weighted by Crippen LogP contribution is -2.28. The molecular weight excluding hydrogens is 204 g/mol. The highest BCUT2D eigenvalue weighted by molar-refractivity contribution is 5.63. The second kappa shape index (κ2) is 4.02. The number of aromatic nitrogens is 2. The number of benzene rings is 1. The van der Waals surface area contributed by atoms with Gasteiger partial charge in [0.2, 0.25) is 0 Å². The maximum absolute atomic E-state index is 11.5. The lowest BCUT2D eigenvalue weighted by Gasteiger charge is -2.07. The van der Waals surface area contributed by atoms with E-state index in [1.165, 1.54) is 16.8 Å². The van der Waals surface area contributed by atoms with Crippen LogP contribution in [0.2, 0.25) is 0 Å². The lowest BCUT2D eigenvalue weighted by atomic mass is 10.2. The van der Waals surface area contributed by atoms with Crippen LogP contribution >= 0.6 is 0 Å². The van der Waals surface area contributed by atoms with Crippen molar-refractivity contribution in [2.45, 2.75) is 0 Å². The van der Waals surface area contributed by atoms with Crippen LogP contribution in [0.5, 0.6) is 0 Å². The van der Waals surface area contributed by atoms with E-state index in [-0.39, 0.29) is 0 Å². The third kappa shape index (κ3) is 1.86. The molecule has 4 heteroatoms. The fourth-order valence-corrected chi connectivity index (χ4v) is 1.40. The van der Waals surface area contributed by atoms with E-state index in [0.29, 0.717) is 5.70 Å². The van der Waals surface area contributed by atoms with E-state index in [2.05, 4.69) is 11.6 Å². The van der Waals surface area contributed by atoms with E-state index < -0.39 is 11.2 Å². The molecule has 80 valence electrons. The maximum atomic E-state index is 11.5. The van der Waals surface area contributed by atoms with E-state index in [1.807, 2.05) is 30.3 Å². The van der Waals surface area contributed by atoms with Crippen LogP contribution in [0.1, 0.15) is 5.56 Å². The Morgan fingerprint density at radius 1 is 1.12 bits per heavy atom. The van der Waals surface area contributed by atoms with Gasteiger partial charge in [0.1, 0.15) is 0 Å². The first-order valence-corrected chi connectivity index (χ1v) is 4.75. The van der Waals surface area contributed by atoms with Crippen LogP contribution in [0, 0.1) is 0 Å². The molecule has 0 amide bonds. The quantitative estimate of drug-likeness (QED) is 0.812. The highest BCUT2D eigenvalue weighted by atomic mass is 16.2. The summed E-state index contributed by atoms with van der Waals surface area (Å²) in [5, 5.41) is 0. The molecule has 0 radical (unpaired) electrons. The number of hydrogen-bond donors (Lipinski definition) is 1. The molecule has 0 fully saturated rings.